The van der Waals surface area contributed by atoms with Gasteiger partial charge in [0.05, 0.1) is 0 Å². The Bertz CT molecular complexity index is 537. The first-order chi connectivity index (χ1) is 6.86. The lowest BCUT2D eigenvalue weighted by Gasteiger charge is -1.89. The maximum Gasteiger partial charge on any atom is 0.394 e. The van der Waals surface area contributed by atoms with Crippen molar-refractivity contribution in [3.8, 4) is 5.75 Å². The number of hydrogen-bond donors (Lipinski definition) is 4. The summed E-state index contributed by atoms with van der Waals surface area (Å²) < 4.78 is 31.6. The molecule has 0 saturated carbocycles. The topological polar surface area (TPSA) is 111 Å². The Morgan fingerprint density at radius 3 is 2.33 bits per heavy atom. The zero-order valence-corrected chi connectivity index (χ0v) is 8.27. The van der Waals surface area contributed by atoms with Crippen molar-refractivity contribution in [3.05, 3.63) is 30.5 Å². The maximum absolute atomic E-state index is 9.03. The Morgan fingerprint density at radius 1 is 1.13 bits per heavy atom. The lowest BCUT2D eigenvalue weighted by Crippen LogP contribution is -1.89. The van der Waals surface area contributed by atoms with Gasteiger partial charge >= 0.3 is 10.4 Å². The number of rotatable bonds is 0. The van der Waals surface area contributed by atoms with E-state index in [1.54, 1.807) is 12.1 Å². The molecule has 0 fully saturated rings. The molecule has 4 N–H and O–H groups in total. The van der Waals surface area contributed by atoms with E-state index in [1.165, 1.54) is 0 Å². The number of H-pyrrole nitrogens is 1. The van der Waals surface area contributed by atoms with E-state index in [0.29, 0.717) is 5.75 Å². The Balaban J connectivity index is 0.000000195. The first-order valence-corrected chi connectivity index (χ1v) is 5.22. The molecule has 0 aliphatic rings. The molecule has 82 valence electrons. The van der Waals surface area contributed by atoms with Crippen LogP contribution in [0.3, 0.4) is 0 Å². The fraction of sp³-hybridized carbons (Fsp3) is 0. The second-order valence-corrected chi connectivity index (χ2v) is 3.59. The van der Waals surface area contributed by atoms with Gasteiger partial charge in [0, 0.05) is 17.1 Å². The highest BCUT2D eigenvalue weighted by molar-refractivity contribution is 7.79. The van der Waals surface area contributed by atoms with Crippen LogP contribution < -0.4 is 0 Å². The summed E-state index contributed by atoms with van der Waals surface area (Å²) >= 11 is 0. The molecule has 6 nitrogen and oxygen atoms in total. The van der Waals surface area contributed by atoms with Crippen molar-refractivity contribution < 1.29 is 22.6 Å². The number of nitrogens with one attached hydrogen (secondary N) is 1. The Kier molecular flexibility index (Phi) is 3.30. The van der Waals surface area contributed by atoms with Gasteiger partial charge in [-0.25, -0.2) is 0 Å². The number of benzene rings is 1. The van der Waals surface area contributed by atoms with Gasteiger partial charge < -0.3 is 10.1 Å². The van der Waals surface area contributed by atoms with Crippen molar-refractivity contribution in [2.24, 2.45) is 0 Å². The highest BCUT2D eigenvalue weighted by atomic mass is 32.3. The number of phenols is 1. The maximum atomic E-state index is 9.03. The lowest BCUT2D eigenvalue weighted by atomic mass is 10.2. The summed E-state index contributed by atoms with van der Waals surface area (Å²) in [5, 5.41) is 10.1. The van der Waals surface area contributed by atoms with Crippen LogP contribution in [0, 0.1) is 0 Å². The molecule has 2 aromatic rings. The third-order valence-electron chi connectivity index (χ3n) is 1.54. The van der Waals surface area contributed by atoms with E-state index in [-0.39, 0.29) is 0 Å². The largest absolute Gasteiger partial charge is 0.508 e. The van der Waals surface area contributed by atoms with Crippen LogP contribution in [0.2, 0.25) is 0 Å². The molecule has 0 aliphatic heterocycles. The Morgan fingerprint density at radius 2 is 1.73 bits per heavy atom. The van der Waals surface area contributed by atoms with Crippen molar-refractivity contribution in [2.45, 2.75) is 0 Å². The van der Waals surface area contributed by atoms with Crippen LogP contribution in [0.25, 0.3) is 10.9 Å². The molecule has 0 atom stereocenters. The predicted octanol–water partition coefficient (Wildman–Crippen LogP) is 1.22. The second-order valence-electron chi connectivity index (χ2n) is 2.70. The van der Waals surface area contributed by atoms with Gasteiger partial charge in [-0.2, -0.15) is 8.42 Å². The summed E-state index contributed by atoms with van der Waals surface area (Å²) in [6.07, 6.45) is 1.85. The molecule has 0 bridgehead atoms. The highest BCUT2D eigenvalue weighted by Crippen LogP contribution is 2.17. The molecule has 1 aromatic carbocycles. The summed E-state index contributed by atoms with van der Waals surface area (Å²) in [4.78, 5) is 3.04. The van der Waals surface area contributed by atoms with E-state index >= 15 is 0 Å². The van der Waals surface area contributed by atoms with Crippen LogP contribution in [0.1, 0.15) is 0 Å². The van der Waals surface area contributed by atoms with Crippen LogP contribution in [0.5, 0.6) is 5.75 Å². The van der Waals surface area contributed by atoms with E-state index < -0.39 is 10.4 Å². The zero-order valence-electron chi connectivity index (χ0n) is 7.45. The molecule has 0 spiro atoms. The quantitative estimate of drug-likeness (QED) is 0.509. The molecule has 1 aromatic heterocycles. The SMILES string of the molecule is O=S(=O)(O)O.Oc1ccc2[nH]ccc2c1. The molecule has 7 heteroatoms. The van der Waals surface area contributed by atoms with Gasteiger partial charge in [0.1, 0.15) is 5.75 Å². The number of phenolic OH excluding ortho intramolecular Hbond substituents is 1. The Hall–Kier alpha value is -1.57. The number of aromatic amines is 1. The van der Waals surface area contributed by atoms with E-state index in [9.17, 15) is 0 Å². The molecule has 0 unspecified atom stereocenters. The summed E-state index contributed by atoms with van der Waals surface area (Å²) in [5.41, 5.74) is 1.05. The zero-order chi connectivity index (χ0) is 11.5. The molecule has 0 saturated heterocycles. The fourth-order valence-electron chi connectivity index (χ4n) is 1.04. The summed E-state index contributed by atoms with van der Waals surface area (Å²) in [7, 11) is -4.67. The van der Waals surface area contributed by atoms with Gasteiger partial charge in [-0.05, 0) is 24.3 Å². The summed E-state index contributed by atoms with van der Waals surface area (Å²) in [5.74, 6) is 0.312. The monoisotopic (exact) mass is 231 g/mol. The Labute approximate surface area is 85.8 Å². The molecular formula is C8H9NO5S. The normalized spacial score (nSPS) is 10.8. The van der Waals surface area contributed by atoms with Crippen molar-refractivity contribution >= 4 is 21.3 Å². The van der Waals surface area contributed by atoms with Gasteiger partial charge in [0.2, 0.25) is 0 Å². The van der Waals surface area contributed by atoms with Gasteiger partial charge in [-0.15, -0.1) is 0 Å². The molecule has 0 radical (unpaired) electrons. The third-order valence-corrected chi connectivity index (χ3v) is 1.54. The van der Waals surface area contributed by atoms with E-state index in [0.717, 1.165) is 10.9 Å². The van der Waals surface area contributed by atoms with Gasteiger partial charge in [-0.1, -0.05) is 0 Å². The van der Waals surface area contributed by atoms with Crippen LogP contribution in [-0.4, -0.2) is 27.6 Å². The fourth-order valence-corrected chi connectivity index (χ4v) is 1.04. The number of aromatic nitrogens is 1. The number of aromatic hydroxyl groups is 1. The van der Waals surface area contributed by atoms with E-state index in [4.69, 9.17) is 22.6 Å². The second kappa shape index (κ2) is 4.30. The minimum Gasteiger partial charge on any atom is -0.508 e. The average Bonchev–Trinajstić information content (AvgIpc) is 2.47. The van der Waals surface area contributed by atoms with Crippen molar-refractivity contribution in [2.75, 3.05) is 0 Å². The standard InChI is InChI=1S/C8H7NO.H2O4S/c10-7-1-2-8-6(5-7)3-4-9-8;1-5(2,3)4/h1-5,9-10H;(H2,1,2,3,4). The van der Waals surface area contributed by atoms with E-state index in [1.807, 2.05) is 18.3 Å². The molecule has 15 heavy (non-hydrogen) atoms. The molecule has 2 rings (SSSR count). The first kappa shape index (κ1) is 11.5. The highest BCUT2D eigenvalue weighted by Gasteiger charge is 1.92. The van der Waals surface area contributed by atoms with Crippen LogP contribution in [0.4, 0.5) is 0 Å². The third kappa shape index (κ3) is 4.45. The predicted molar refractivity (Wildman–Crippen MR) is 54.1 cm³/mol. The van der Waals surface area contributed by atoms with Crippen LogP contribution in [0.15, 0.2) is 30.5 Å². The van der Waals surface area contributed by atoms with Crippen molar-refractivity contribution in [3.63, 3.8) is 0 Å². The van der Waals surface area contributed by atoms with Gasteiger partial charge in [0.15, 0.2) is 0 Å². The molecule has 1 heterocycles. The van der Waals surface area contributed by atoms with Crippen LogP contribution >= 0.6 is 0 Å². The molecule has 0 aliphatic carbocycles. The summed E-state index contributed by atoms with van der Waals surface area (Å²) in [6, 6.07) is 7.17. The average molecular weight is 231 g/mol. The molecular weight excluding hydrogens is 222 g/mol. The van der Waals surface area contributed by atoms with Gasteiger partial charge in [0.25, 0.3) is 0 Å². The van der Waals surface area contributed by atoms with Gasteiger partial charge in [-0.3, -0.25) is 9.11 Å². The van der Waals surface area contributed by atoms with Crippen molar-refractivity contribution in [1.82, 2.24) is 4.98 Å². The van der Waals surface area contributed by atoms with Crippen LogP contribution in [-0.2, 0) is 10.4 Å². The minimum atomic E-state index is -4.67. The number of hydrogen-bond acceptors (Lipinski definition) is 3. The number of fused-ring (bicyclic) bond motifs is 1. The van der Waals surface area contributed by atoms with Crippen molar-refractivity contribution in [1.29, 1.82) is 0 Å². The summed E-state index contributed by atoms with van der Waals surface area (Å²) in [6.45, 7) is 0. The van der Waals surface area contributed by atoms with E-state index in [2.05, 4.69) is 4.98 Å². The lowest BCUT2D eigenvalue weighted by molar-refractivity contribution is 0.381. The minimum absolute atomic E-state index is 0.312. The first-order valence-electron chi connectivity index (χ1n) is 3.82. The molecule has 0 amide bonds. The smallest absolute Gasteiger partial charge is 0.394 e.